The minimum Gasteiger partial charge on any atom is -0.381 e. The zero-order valence-corrected chi connectivity index (χ0v) is 8.65. The van der Waals surface area contributed by atoms with Crippen molar-refractivity contribution in [3.05, 3.63) is 0 Å². The molecule has 1 heterocycles. The Morgan fingerprint density at radius 2 is 2.00 bits per heavy atom. The van der Waals surface area contributed by atoms with E-state index in [9.17, 15) is 5.11 Å². The van der Waals surface area contributed by atoms with Crippen molar-refractivity contribution in [1.82, 2.24) is 0 Å². The fourth-order valence-corrected chi connectivity index (χ4v) is 1.17. The lowest BCUT2D eigenvalue weighted by atomic mass is 10.2. The van der Waals surface area contributed by atoms with Crippen molar-refractivity contribution >= 4 is 0 Å². The lowest BCUT2D eigenvalue weighted by Crippen LogP contribution is -2.29. The van der Waals surface area contributed by atoms with Gasteiger partial charge in [0.05, 0.1) is 6.61 Å². The van der Waals surface area contributed by atoms with Gasteiger partial charge in [-0.3, -0.25) is 0 Å². The fraction of sp³-hybridized carbons (Fsp3) is 0.800. The van der Waals surface area contributed by atoms with Gasteiger partial charge in [0.2, 0.25) is 0 Å². The molecule has 0 spiro atoms. The second-order valence-corrected chi connectivity index (χ2v) is 3.78. The molecule has 0 amide bonds. The Morgan fingerprint density at radius 3 is 2.43 bits per heavy atom. The quantitative estimate of drug-likeness (QED) is 0.579. The van der Waals surface area contributed by atoms with Gasteiger partial charge < -0.3 is 19.7 Å². The lowest BCUT2D eigenvalue weighted by Gasteiger charge is -2.17. The highest BCUT2D eigenvalue weighted by atomic mass is 16.7. The summed E-state index contributed by atoms with van der Waals surface area (Å²) in [5.41, 5.74) is 0. The van der Waals surface area contributed by atoms with Crippen LogP contribution in [0.3, 0.4) is 0 Å². The minimum atomic E-state index is -0.911. The number of aliphatic hydroxyl groups is 2. The molecule has 2 N–H and O–H groups in total. The zero-order chi connectivity index (χ0) is 10.8. The van der Waals surface area contributed by atoms with Crippen LogP contribution in [0, 0.1) is 11.8 Å². The van der Waals surface area contributed by atoms with Crippen LogP contribution in [0.15, 0.2) is 0 Å². The monoisotopic (exact) mass is 200 g/mol. The minimum absolute atomic E-state index is 0.322. The normalized spacial score (nSPS) is 29.1. The molecular weight excluding hydrogens is 184 g/mol. The van der Waals surface area contributed by atoms with Crippen LogP contribution < -0.4 is 0 Å². The summed E-state index contributed by atoms with van der Waals surface area (Å²) in [6, 6.07) is 0. The van der Waals surface area contributed by atoms with Gasteiger partial charge in [0, 0.05) is 0 Å². The predicted octanol–water partition coefficient (Wildman–Crippen LogP) is -0.117. The number of hydrogen-bond donors (Lipinski definition) is 2. The van der Waals surface area contributed by atoms with Crippen molar-refractivity contribution in [2.75, 3.05) is 6.61 Å². The molecular formula is C10H16O4. The Bertz CT molecular complexity index is 249. The number of rotatable bonds is 1. The van der Waals surface area contributed by atoms with Gasteiger partial charge in [-0.15, -0.1) is 0 Å². The molecule has 4 heteroatoms. The Labute approximate surface area is 83.8 Å². The Kier molecular flexibility index (Phi) is 3.51. The maximum absolute atomic E-state index is 9.54. The van der Waals surface area contributed by atoms with Crippen LogP contribution in [-0.2, 0) is 9.47 Å². The number of aliphatic hydroxyl groups excluding tert-OH is 2. The van der Waals surface area contributed by atoms with Gasteiger partial charge in [-0.05, 0) is 20.8 Å². The molecule has 0 radical (unpaired) electrons. The smallest absolute Gasteiger partial charge is 0.163 e. The summed E-state index contributed by atoms with van der Waals surface area (Å²) in [6.45, 7) is 5.42. The topological polar surface area (TPSA) is 58.9 Å². The molecule has 4 nitrogen and oxygen atoms in total. The van der Waals surface area contributed by atoms with Gasteiger partial charge in [-0.2, -0.15) is 0 Å². The van der Waals surface area contributed by atoms with Crippen molar-refractivity contribution < 1.29 is 19.7 Å². The third kappa shape index (κ3) is 3.28. The van der Waals surface area contributed by atoms with E-state index in [4.69, 9.17) is 14.6 Å². The highest BCUT2D eigenvalue weighted by molar-refractivity contribution is 5.10. The van der Waals surface area contributed by atoms with E-state index < -0.39 is 24.1 Å². The maximum Gasteiger partial charge on any atom is 0.163 e. The van der Waals surface area contributed by atoms with E-state index in [0.29, 0.717) is 6.61 Å². The number of hydrogen-bond acceptors (Lipinski definition) is 4. The Hall–Kier alpha value is -0.600. The molecule has 80 valence electrons. The van der Waals surface area contributed by atoms with E-state index in [2.05, 4.69) is 11.8 Å². The average molecular weight is 200 g/mol. The van der Waals surface area contributed by atoms with E-state index in [1.807, 2.05) is 0 Å². The molecule has 1 saturated heterocycles. The Balaban J connectivity index is 2.49. The van der Waals surface area contributed by atoms with E-state index >= 15 is 0 Å². The largest absolute Gasteiger partial charge is 0.381 e. The highest BCUT2D eigenvalue weighted by Crippen LogP contribution is 2.23. The first-order chi connectivity index (χ1) is 6.41. The third-order valence-electron chi connectivity index (χ3n) is 1.82. The Morgan fingerprint density at radius 1 is 1.36 bits per heavy atom. The molecule has 1 aliphatic heterocycles. The molecule has 0 aliphatic carbocycles. The molecule has 1 aliphatic rings. The first-order valence-corrected chi connectivity index (χ1v) is 4.60. The maximum atomic E-state index is 9.54. The van der Waals surface area contributed by atoms with Crippen LogP contribution in [0.1, 0.15) is 20.8 Å². The molecule has 14 heavy (non-hydrogen) atoms. The van der Waals surface area contributed by atoms with Crippen LogP contribution in [0.4, 0.5) is 0 Å². The average Bonchev–Trinajstić information content (AvgIpc) is 2.41. The van der Waals surface area contributed by atoms with E-state index in [1.165, 1.54) is 6.92 Å². The molecule has 0 bridgehead atoms. The predicted molar refractivity (Wildman–Crippen MR) is 50.4 cm³/mol. The summed E-state index contributed by atoms with van der Waals surface area (Å²) in [5, 5.41) is 18.4. The van der Waals surface area contributed by atoms with Crippen molar-refractivity contribution in [3.8, 4) is 11.8 Å². The molecule has 1 fully saturated rings. The molecule has 3 atom stereocenters. The molecule has 3 unspecified atom stereocenters. The van der Waals surface area contributed by atoms with Gasteiger partial charge in [0.1, 0.15) is 18.3 Å². The van der Waals surface area contributed by atoms with Crippen molar-refractivity contribution in [1.29, 1.82) is 0 Å². The van der Waals surface area contributed by atoms with Gasteiger partial charge in [0.15, 0.2) is 5.79 Å². The molecule has 1 rings (SSSR count). The van der Waals surface area contributed by atoms with Gasteiger partial charge in [-0.1, -0.05) is 11.8 Å². The summed E-state index contributed by atoms with van der Waals surface area (Å²) < 4.78 is 10.7. The summed E-state index contributed by atoms with van der Waals surface area (Å²) >= 11 is 0. The first kappa shape index (κ1) is 11.5. The van der Waals surface area contributed by atoms with Crippen molar-refractivity contribution in [2.24, 2.45) is 0 Å². The van der Waals surface area contributed by atoms with E-state index in [1.54, 1.807) is 13.8 Å². The van der Waals surface area contributed by atoms with E-state index in [0.717, 1.165) is 0 Å². The lowest BCUT2D eigenvalue weighted by molar-refractivity contribution is -0.146. The summed E-state index contributed by atoms with van der Waals surface area (Å²) in [6.07, 6.45) is -2.08. The van der Waals surface area contributed by atoms with E-state index in [-0.39, 0.29) is 0 Å². The first-order valence-electron chi connectivity index (χ1n) is 4.60. The third-order valence-corrected chi connectivity index (χ3v) is 1.82. The molecule has 0 aromatic heterocycles. The summed E-state index contributed by atoms with van der Waals surface area (Å²) in [5.74, 6) is 4.33. The standard InChI is InChI=1S/C10H16O4/c1-7(11)4-5-8(12)9-6-13-10(2,3)14-9/h7-9,11-12H,6H2,1-3H3. The fourth-order valence-electron chi connectivity index (χ4n) is 1.17. The van der Waals surface area contributed by atoms with Crippen LogP contribution in [0.25, 0.3) is 0 Å². The van der Waals surface area contributed by atoms with Crippen LogP contribution in [0.5, 0.6) is 0 Å². The number of ether oxygens (including phenoxy) is 2. The van der Waals surface area contributed by atoms with Gasteiger partial charge in [-0.25, -0.2) is 0 Å². The van der Waals surface area contributed by atoms with Crippen molar-refractivity contribution in [3.63, 3.8) is 0 Å². The van der Waals surface area contributed by atoms with Gasteiger partial charge >= 0.3 is 0 Å². The molecule has 0 saturated carbocycles. The van der Waals surface area contributed by atoms with Crippen LogP contribution in [0.2, 0.25) is 0 Å². The summed E-state index contributed by atoms with van der Waals surface area (Å²) in [4.78, 5) is 0. The van der Waals surface area contributed by atoms with Crippen LogP contribution >= 0.6 is 0 Å². The summed E-state index contributed by atoms with van der Waals surface area (Å²) in [7, 11) is 0. The highest BCUT2D eigenvalue weighted by Gasteiger charge is 2.36. The zero-order valence-electron chi connectivity index (χ0n) is 8.65. The van der Waals surface area contributed by atoms with Crippen LogP contribution in [-0.4, -0.2) is 40.9 Å². The molecule has 0 aromatic rings. The second kappa shape index (κ2) is 4.28. The molecule has 0 aromatic carbocycles. The second-order valence-electron chi connectivity index (χ2n) is 3.78. The van der Waals surface area contributed by atoms with Gasteiger partial charge in [0.25, 0.3) is 0 Å². The SMILES string of the molecule is CC(O)C#CC(O)C1COC(C)(C)O1. The van der Waals surface area contributed by atoms with Crippen molar-refractivity contribution in [2.45, 2.75) is 44.9 Å².